The molecule has 0 saturated carbocycles. The van der Waals surface area contributed by atoms with Crippen molar-refractivity contribution in [2.45, 2.75) is 20.1 Å². The molecule has 1 N–H and O–H groups in total. The number of alkyl halides is 2. The van der Waals surface area contributed by atoms with Crippen molar-refractivity contribution in [2.75, 3.05) is 5.32 Å². The number of carbonyl (C=O) groups excluding carboxylic acids is 1. The van der Waals surface area contributed by atoms with E-state index < -0.39 is 18.3 Å². The molecule has 29 heavy (non-hydrogen) atoms. The molecule has 3 aromatic rings. The average molecular weight is 489 g/mol. The molecule has 0 aliphatic carbocycles. The zero-order valence-electron chi connectivity index (χ0n) is 14.9. The number of benzene rings is 2. The van der Waals surface area contributed by atoms with Crippen molar-refractivity contribution >= 4 is 39.3 Å². The standard InChI is InChI=1S/C19H14BrClF3N3O2/c1-10-7-17(26-27(10)9-13-14(21)3-2-4-15(13)22)25-18(28)12-8-11(20)5-6-16(12)29-19(23)24/h2-8,19H,9H2,1H3,(H,25,26,28). The van der Waals surface area contributed by atoms with Crippen molar-refractivity contribution in [3.63, 3.8) is 0 Å². The average Bonchev–Trinajstić information content (AvgIpc) is 2.98. The molecule has 10 heteroatoms. The van der Waals surface area contributed by atoms with Crippen LogP contribution in [0.1, 0.15) is 21.6 Å². The lowest BCUT2D eigenvalue weighted by Gasteiger charge is -2.10. The molecule has 0 spiro atoms. The first kappa shape index (κ1) is 21.2. The van der Waals surface area contributed by atoms with Crippen LogP contribution in [0.25, 0.3) is 0 Å². The van der Waals surface area contributed by atoms with Gasteiger partial charge in [-0.3, -0.25) is 9.48 Å². The highest BCUT2D eigenvalue weighted by atomic mass is 79.9. The molecule has 0 aliphatic heterocycles. The van der Waals surface area contributed by atoms with E-state index in [9.17, 15) is 18.0 Å². The van der Waals surface area contributed by atoms with Crippen molar-refractivity contribution in [2.24, 2.45) is 0 Å². The van der Waals surface area contributed by atoms with Gasteiger partial charge < -0.3 is 10.1 Å². The molecule has 0 unspecified atom stereocenters. The number of halogens is 5. The summed E-state index contributed by atoms with van der Waals surface area (Å²) in [6.07, 6.45) is 0. The van der Waals surface area contributed by atoms with Gasteiger partial charge in [0.05, 0.1) is 12.1 Å². The van der Waals surface area contributed by atoms with Gasteiger partial charge in [0, 0.05) is 26.8 Å². The lowest BCUT2D eigenvalue weighted by Crippen LogP contribution is -2.16. The molecule has 3 rings (SSSR count). The normalized spacial score (nSPS) is 11.0. The quantitative estimate of drug-likeness (QED) is 0.488. The van der Waals surface area contributed by atoms with Crippen LogP contribution in [-0.4, -0.2) is 22.3 Å². The number of nitrogens with zero attached hydrogens (tertiary/aromatic N) is 2. The van der Waals surface area contributed by atoms with Crippen LogP contribution in [0, 0.1) is 12.7 Å². The van der Waals surface area contributed by atoms with Gasteiger partial charge in [-0.15, -0.1) is 0 Å². The number of aryl methyl sites for hydroxylation is 1. The molecular formula is C19H14BrClF3N3O2. The van der Waals surface area contributed by atoms with E-state index in [0.29, 0.717) is 10.2 Å². The van der Waals surface area contributed by atoms with Crippen LogP contribution in [0.2, 0.25) is 5.02 Å². The Morgan fingerprint density at radius 3 is 2.76 bits per heavy atom. The summed E-state index contributed by atoms with van der Waals surface area (Å²) in [7, 11) is 0. The summed E-state index contributed by atoms with van der Waals surface area (Å²) in [6.45, 7) is -1.29. The molecule has 0 bridgehead atoms. The van der Waals surface area contributed by atoms with Gasteiger partial charge in [-0.05, 0) is 37.3 Å². The third-order valence-corrected chi connectivity index (χ3v) is 4.84. The topological polar surface area (TPSA) is 56.1 Å². The summed E-state index contributed by atoms with van der Waals surface area (Å²) in [4.78, 5) is 12.6. The second-order valence-electron chi connectivity index (χ2n) is 6.00. The van der Waals surface area contributed by atoms with Crippen LogP contribution in [-0.2, 0) is 6.54 Å². The van der Waals surface area contributed by atoms with Crippen molar-refractivity contribution in [3.8, 4) is 5.75 Å². The van der Waals surface area contributed by atoms with Crippen molar-refractivity contribution in [3.05, 3.63) is 74.6 Å². The Hall–Kier alpha value is -2.52. The Morgan fingerprint density at radius 2 is 2.07 bits per heavy atom. The number of carbonyl (C=O) groups is 1. The molecule has 1 amide bonds. The van der Waals surface area contributed by atoms with E-state index >= 15 is 0 Å². The summed E-state index contributed by atoms with van der Waals surface area (Å²) in [5, 5.41) is 7.01. The minimum Gasteiger partial charge on any atom is -0.434 e. The highest BCUT2D eigenvalue weighted by Crippen LogP contribution is 2.26. The fourth-order valence-electron chi connectivity index (χ4n) is 2.63. The molecule has 0 radical (unpaired) electrons. The van der Waals surface area contributed by atoms with Gasteiger partial charge >= 0.3 is 6.61 Å². The summed E-state index contributed by atoms with van der Waals surface area (Å²) in [5.74, 6) is -1.26. The SMILES string of the molecule is Cc1cc(NC(=O)c2cc(Br)ccc2OC(F)F)nn1Cc1c(F)cccc1Cl. The number of amides is 1. The Labute approximate surface area is 177 Å². The maximum atomic E-state index is 14.0. The van der Waals surface area contributed by atoms with Crippen LogP contribution >= 0.6 is 27.5 Å². The fraction of sp³-hybridized carbons (Fsp3) is 0.158. The monoisotopic (exact) mass is 487 g/mol. The molecule has 0 aliphatic rings. The maximum absolute atomic E-state index is 14.0. The van der Waals surface area contributed by atoms with Gasteiger partial charge in [0.25, 0.3) is 5.91 Å². The second-order valence-corrected chi connectivity index (χ2v) is 7.32. The fourth-order valence-corrected chi connectivity index (χ4v) is 3.21. The highest BCUT2D eigenvalue weighted by molar-refractivity contribution is 9.10. The van der Waals surface area contributed by atoms with E-state index in [1.54, 1.807) is 19.1 Å². The van der Waals surface area contributed by atoms with Crippen LogP contribution in [0.4, 0.5) is 19.0 Å². The van der Waals surface area contributed by atoms with Gasteiger partial charge in [0.2, 0.25) is 0 Å². The predicted molar refractivity (Wildman–Crippen MR) is 106 cm³/mol. The number of hydrogen-bond acceptors (Lipinski definition) is 3. The van der Waals surface area contributed by atoms with E-state index in [4.69, 9.17) is 11.6 Å². The molecule has 5 nitrogen and oxygen atoms in total. The van der Waals surface area contributed by atoms with Gasteiger partial charge in [0.15, 0.2) is 5.82 Å². The largest absolute Gasteiger partial charge is 0.434 e. The first-order chi connectivity index (χ1) is 13.7. The second kappa shape index (κ2) is 8.87. The molecule has 0 saturated heterocycles. The number of anilines is 1. The number of aromatic nitrogens is 2. The van der Waals surface area contributed by atoms with Crippen LogP contribution < -0.4 is 10.1 Å². The third kappa shape index (κ3) is 5.10. The summed E-state index contributed by atoms with van der Waals surface area (Å²) in [6, 6.07) is 10.0. The molecule has 152 valence electrons. The zero-order valence-corrected chi connectivity index (χ0v) is 17.3. The van der Waals surface area contributed by atoms with Gasteiger partial charge in [0.1, 0.15) is 11.6 Å². The Bertz CT molecular complexity index is 1040. The number of nitrogens with one attached hydrogen (secondary N) is 1. The summed E-state index contributed by atoms with van der Waals surface area (Å²) < 4.78 is 45.6. The molecule has 0 atom stereocenters. The molecule has 0 fully saturated rings. The molecule has 1 aromatic heterocycles. The minimum absolute atomic E-state index is 0.0594. The van der Waals surface area contributed by atoms with Gasteiger partial charge in [-0.25, -0.2) is 4.39 Å². The first-order valence-electron chi connectivity index (χ1n) is 8.27. The number of ether oxygens (including phenoxy) is 1. The van der Waals surface area contributed by atoms with E-state index in [-0.39, 0.29) is 34.3 Å². The van der Waals surface area contributed by atoms with Gasteiger partial charge in [-0.1, -0.05) is 33.6 Å². The molecule has 1 heterocycles. The summed E-state index contributed by atoms with van der Waals surface area (Å²) in [5.41, 5.74) is 0.805. The Kier molecular flexibility index (Phi) is 6.49. The minimum atomic E-state index is -3.07. The number of rotatable bonds is 6. The van der Waals surface area contributed by atoms with Crippen molar-refractivity contribution in [1.82, 2.24) is 9.78 Å². The van der Waals surface area contributed by atoms with Crippen LogP contribution in [0.5, 0.6) is 5.75 Å². The van der Waals surface area contributed by atoms with Crippen molar-refractivity contribution < 1.29 is 22.7 Å². The molecular weight excluding hydrogens is 475 g/mol. The maximum Gasteiger partial charge on any atom is 0.387 e. The van der Waals surface area contributed by atoms with E-state index in [1.165, 1.54) is 35.0 Å². The lowest BCUT2D eigenvalue weighted by molar-refractivity contribution is -0.0501. The lowest BCUT2D eigenvalue weighted by atomic mass is 10.2. The first-order valence-corrected chi connectivity index (χ1v) is 9.44. The van der Waals surface area contributed by atoms with E-state index in [0.717, 1.165) is 0 Å². The summed E-state index contributed by atoms with van der Waals surface area (Å²) >= 11 is 9.24. The number of hydrogen-bond donors (Lipinski definition) is 1. The smallest absolute Gasteiger partial charge is 0.387 e. The van der Waals surface area contributed by atoms with E-state index in [2.05, 4.69) is 31.1 Å². The Balaban J connectivity index is 1.83. The van der Waals surface area contributed by atoms with Gasteiger partial charge in [-0.2, -0.15) is 13.9 Å². The highest BCUT2D eigenvalue weighted by Gasteiger charge is 2.18. The van der Waals surface area contributed by atoms with Crippen LogP contribution in [0.15, 0.2) is 46.9 Å². The third-order valence-electron chi connectivity index (χ3n) is 3.99. The predicted octanol–water partition coefficient (Wildman–Crippen LogP) is 5.65. The van der Waals surface area contributed by atoms with Crippen LogP contribution in [0.3, 0.4) is 0 Å². The Morgan fingerprint density at radius 1 is 1.31 bits per heavy atom. The van der Waals surface area contributed by atoms with E-state index in [1.807, 2.05) is 0 Å². The molecule has 2 aromatic carbocycles. The van der Waals surface area contributed by atoms with Crippen molar-refractivity contribution in [1.29, 1.82) is 0 Å². The zero-order chi connectivity index (χ0) is 21.1.